The van der Waals surface area contributed by atoms with E-state index in [9.17, 15) is 4.79 Å². The van der Waals surface area contributed by atoms with Gasteiger partial charge < -0.3 is 19.7 Å². The number of ether oxygens (including phenoxy) is 2. The Kier molecular flexibility index (Phi) is 6.85. The van der Waals surface area contributed by atoms with Crippen molar-refractivity contribution in [2.45, 2.75) is 26.3 Å². The summed E-state index contributed by atoms with van der Waals surface area (Å²) >= 11 is 1.55. The fraction of sp³-hybridized carbons (Fsp3) is 0.346. The van der Waals surface area contributed by atoms with Crippen LogP contribution in [0.2, 0.25) is 0 Å². The number of nitrogens with one attached hydrogen (secondary N) is 1. The van der Waals surface area contributed by atoms with Gasteiger partial charge in [-0.1, -0.05) is 29.5 Å². The summed E-state index contributed by atoms with van der Waals surface area (Å²) in [5.41, 5.74) is 2.89. The first-order valence-electron chi connectivity index (χ1n) is 11.9. The average molecular weight is 492 g/mol. The van der Waals surface area contributed by atoms with Crippen LogP contribution in [0.1, 0.15) is 25.3 Å². The molecule has 1 aliphatic rings. The van der Waals surface area contributed by atoms with Gasteiger partial charge in [0.15, 0.2) is 0 Å². The van der Waals surface area contributed by atoms with Gasteiger partial charge in [-0.25, -0.2) is 9.50 Å². The summed E-state index contributed by atoms with van der Waals surface area (Å²) in [6.07, 6.45) is 3.77. The number of fused-ring (bicyclic) bond motifs is 1. The van der Waals surface area contributed by atoms with E-state index in [1.165, 1.54) is 0 Å². The second kappa shape index (κ2) is 10.4. The molecule has 9 heteroatoms. The molecule has 1 atom stereocenters. The molecule has 35 heavy (non-hydrogen) atoms. The third-order valence-corrected chi connectivity index (χ3v) is 7.19. The van der Waals surface area contributed by atoms with Crippen LogP contribution in [-0.4, -0.2) is 47.3 Å². The molecule has 1 saturated heterocycles. The van der Waals surface area contributed by atoms with Gasteiger partial charge in [-0.2, -0.15) is 0 Å². The van der Waals surface area contributed by atoms with Crippen molar-refractivity contribution in [2.24, 2.45) is 5.92 Å². The minimum atomic E-state index is -0.0749. The Morgan fingerprint density at radius 3 is 2.80 bits per heavy atom. The summed E-state index contributed by atoms with van der Waals surface area (Å²) < 4.78 is 12.7. The summed E-state index contributed by atoms with van der Waals surface area (Å²) in [5.74, 6) is 1.64. The normalized spacial score (nSPS) is 15.8. The zero-order chi connectivity index (χ0) is 24.2. The molecule has 0 bridgehead atoms. The minimum Gasteiger partial charge on any atom is -0.497 e. The lowest BCUT2D eigenvalue weighted by atomic mass is 9.97. The van der Waals surface area contributed by atoms with E-state index in [0.717, 1.165) is 57.8 Å². The maximum atomic E-state index is 13.0. The van der Waals surface area contributed by atoms with Crippen LogP contribution < -0.4 is 19.7 Å². The zero-order valence-electron chi connectivity index (χ0n) is 19.9. The number of rotatable bonds is 8. The Hall–Kier alpha value is -3.59. The van der Waals surface area contributed by atoms with Crippen molar-refractivity contribution in [3.05, 3.63) is 60.3 Å². The number of hydrogen-bond acceptors (Lipinski definition) is 7. The smallest absolute Gasteiger partial charge is 0.225 e. The summed E-state index contributed by atoms with van der Waals surface area (Å²) in [6.45, 7) is 4.56. The second-order valence-electron chi connectivity index (χ2n) is 8.51. The molecule has 0 saturated carbocycles. The maximum absolute atomic E-state index is 13.0. The molecule has 8 nitrogen and oxygen atoms in total. The second-order valence-corrected chi connectivity index (χ2v) is 9.44. The average Bonchev–Trinajstić information content (AvgIpc) is 3.48. The van der Waals surface area contributed by atoms with E-state index in [-0.39, 0.29) is 11.8 Å². The SMILES string of the molecule is CCOc1ccccc1CNC(=O)C1CCCN(c2nn3cc(-c4ccc(OC)cc4)nc3s2)C1. The molecule has 1 amide bonds. The van der Waals surface area contributed by atoms with Crippen molar-refractivity contribution >= 4 is 27.3 Å². The lowest BCUT2D eigenvalue weighted by Gasteiger charge is -2.31. The monoisotopic (exact) mass is 491 g/mol. The highest BCUT2D eigenvalue weighted by Crippen LogP contribution is 2.30. The number of aromatic nitrogens is 3. The van der Waals surface area contributed by atoms with Gasteiger partial charge in [0.1, 0.15) is 11.5 Å². The van der Waals surface area contributed by atoms with E-state index < -0.39 is 0 Å². The Bertz CT molecular complexity index is 1270. The molecule has 0 spiro atoms. The topological polar surface area (TPSA) is 81.0 Å². The lowest BCUT2D eigenvalue weighted by molar-refractivity contribution is -0.125. The third-order valence-electron chi connectivity index (χ3n) is 6.21. The zero-order valence-corrected chi connectivity index (χ0v) is 20.8. The molecule has 3 heterocycles. The number of imidazole rings is 1. The van der Waals surface area contributed by atoms with Gasteiger partial charge in [0.05, 0.1) is 31.5 Å². The molecular weight excluding hydrogens is 462 g/mol. The van der Waals surface area contributed by atoms with Gasteiger partial charge in [0, 0.05) is 30.8 Å². The van der Waals surface area contributed by atoms with E-state index >= 15 is 0 Å². The molecular formula is C26H29N5O3S. The molecule has 1 N–H and O–H groups in total. The van der Waals surface area contributed by atoms with E-state index in [1.54, 1.807) is 18.4 Å². The van der Waals surface area contributed by atoms with Gasteiger partial charge in [-0.15, -0.1) is 5.10 Å². The van der Waals surface area contributed by atoms with Gasteiger partial charge in [-0.3, -0.25) is 4.79 Å². The number of methoxy groups -OCH3 is 1. The highest BCUT2D eigenvalue weighted by Gasteiger charge is 2.28. The van der Waals surface area contributed by atoms with Crippen LogP contribution in [0.5, 0.6) is 11.5 Å². The van der Waals surface area contributed by atoms with Crippen LogP contribution in [0.25, 0.3) is 16.2 Å². The van der Waals surface area contributed by atoms with Crippen molar-refractivity contribution in [3.63, 3.8) is 0 Å². The summed E-state index contributed by atoms with van der Waals surface area (Å²) in [7, 11) is 1.66. The first kappa shape index (κ1) is 23.2. The molecule has 1 aliphatic heterocycles. The number of amides is 1. The molecule has 1 fully saturated rings. The van der Waals surface area contributed by atoms with Crippen molar-refractivity contribution < 1.29 is 14.3 Å². The standard InChI is InChI=1S/C26H29N5O3S/c1-3-34-23-9-5-4-7-19(23)15-27-24(32)20-8-6-14-30(16-20)26-29-31-17-22(28-25(31)35-26)18-10-12-21(33-2)13-11-18/h4-5,7,9-13,17,20H,3,6,8,14-16H2,1-2H3,(H,27,32). The number of benzene rings is 2. The Morgan fingerprint density at radius 1 is 1.20 bits per heavy atom. The van der Waals surface area contributed by atoms with Crippen LogP contribution in [-0.2, 0) is 11.3 Å². The fourth-order valence-corrected chi connectivity index (χ4v) is 5.27. The fourth-order valence-electron chi connectivity index (χ4n) is 4.36. The van der Waals surface area contributed by atoms with Gasteiger partial charge in [-0.05, 0) is 50.1 Å². The summed E-state index contributed by atoms with van der Waals surface area (Å²) in [5, 5.41) is 8.76. The Balaban J connectivity index is 1.23. The van der Waals surface area contributed by atoms with Crippen molar-refractivity contribution in [1.82, 2.24) is 19.9 Å². The van der Waals surface area contributed by atoms with Gasteiger partial charge in [0.25, 0.3) is 0 Å². The van der Waals surface area contributed by atoms with E-state index in [0.29, 0.717) is 19.7 Å². The first-order valence-corrected chi connectivity index (χ1v) is 12.7. The van der Waals surface area contributed by atoms with E-state index in [4.69, 9.17) is 19.6 Å². The van der Waals surface area contributed by atoms with Crippen LogP contribution >= 0.6 is 11.3 Å². The molecule has 0 aliphatic carbocycles. The van der Waals surface area contributed by atoms with Crippen LogP contribution in [0.3, 0.4) is 0 Å². The predicted octanol–water partition coefficient (Wildman–Crippen LogP) is 4.40. The molecule has 2 aromatic carbocycles. The quantitative estimate of drug-likeness (QED) is 0.394. The molecule has 2 aromatic heterocycles. The molecule has 5 rings (SSSR count). The first-order chi connectivity index (χ1) is 17.1. The molecule has 0 radical (unpaired) electrons. The largest absolute Gasteiger partial charge is 0.497 e. The maximum Gasteiger partial charge on any atom is 0.225 e. The van der Waals surface area contributed by atoms with Crippen molar-refractivity contribution in [3.8, 4) is 22.8 Å². The number of para-hydroxylation sites is 1. The van der Waals surface area contributed by atoms with Crippen LogP contribution in [0.15, 0.2) is 54.7 Å². The molecule has 182 valence electrons. The molecule has 1 unspecified atom stereocenters. The van der Waals surface area contributed by atoms with Gasteiger partial charge in [0.2, 0.25) is 16.0 Å². The van der Waals surface area contributed by atoms with Gasteiger partial charge >= 0.3 is 0 Å². The number of carbonyl (C=O) groups is 1. The number of carbonyl (C=O) groups excluding carboxylic acids is 1. The number of piperidine rings is 1. The summed E-state index contributed by atoms with van der Waals surface area (Å²) in [6, 6.07) is 15.7. The lowest BCUT2D eigenvalue weighted by Crippen LogP contribution is -2.43. The number of anilines is 1. The Labute approximate surface area is 208 Å². The Morgan fingerprint density at radius 2 is 2.03 bits per heavy atom. The van der Waals surface area contributed by atoms with E-state index in [2.05, 4.69) is 10.2 Å². The predicted molar refractivity (Wildman–Crippen MR) is 137 cm³/mol. The third kappa shape index (κ3) is 5.09. The van der Waals surface area contributed by atoms with Crippen molar-refractivity contribution in [2.75, 3.05) is 31.7 Å². The van der Waals surface area contributed by atoms with Crippen molar-refractivity contribution in [1.29, 1.82) is 0 Å². The highest BCUT2D eigenvalue weighted by molar-refractivity contribution is 7.20. The van der Waals surface area contributed by atoms with Crippen LogP contribution in [0, 0.1) is 5.92 Å². The number of hydrogen-bond donors (Lipinski definition) is 1. The summed E-state index contributed by atoms with van der Waals surface area (Å²) in [4.78, 5) is 20.8. The minimum absolute atomic E-state index is 0.0733. The molecule has 4 aromatic rings. The number of nitrogens with zero attached hydrogens (tertiary/aromatic N) is 4. The van der Waals surface area contributed by atoms with Crippen LogP contribution in [0.4, 0.5) is 5.13 Å². The highest BCUT2D eigenvalue weighted by atomic mass is 32.1. The van der Waals surface area contributed by atoms with E-state index in [1.807, 2.05) is 66.2 Å².